The third-order valence-electron chi connectivity index (χ3n) is 2.22. The zero-order valence-corrected chi connectivity index (χ0v) is 9.32. The molecule has 17 heavy (non-hydrogen) atoms. The molecule has 0 saturated carbocycles. The van der Waals surface area contributed by atoms with Gasteiger partial charge >= 0.3 is 0 Å². The summed E-state index contributed by atoms with van der Waals surface area (Å²) in [4.78, 5) is 7.57. The van der Waals surface area contributed by atoms with Crippen molar-refractivity contribution in [3.8, 4) is 11.5 Å². The highest BCUT2D eigenvalue weighted by atomic mass is 35.5. The SMILES string of the molecule is Oc1c(N=CCF)c(Cl)c(O)c2ncccc12. The molecule has 6 heteroatoms. The van der Waals surface area contributed by atoms with Gasteiger partial charge in [0, 0.05) is 17.8 Å². The van der Waals surface area contributed by atoms with Gasteiger partial charge in [0.05, 0.1) is 0 Å². The Hall–Kier alpha value is -1.88. The Morgan fingerprint density at radius 3 is 2.88 bits per heavy atom. The van der Waals surface area contributed by atoms with E-state index in [2.05, 4.69) is 9.98 Å². The highest BCUT2D eigenvalue weighted by molar-refractivity contribution is 6.36. The standard InChI is InChI=1S/C11H8ClFN2O2/c12-7-9(15-5-3-13)10(16)6-2-1-4-14-8(6)11(7)17/h1-2,4-5,16-17H,3H2. The van der Waals surface area contributed by atoms with Crippen LogP contribution in [0.1, 0.15) is 0 Å². The summed E-state index contributed by atoms with van der Waals surface area (Å²) in [6.07, 6.45) is 2.41. The van der Waals surface area contributed by atoms with Crippen LogP contribution in [-0.4, -0.2) is 28.1 Å². The van der Waals surface area contributed by atoms with E-state index in [9.17, 15) is 14.6 Å². The Bertz CT molecular complexity index is 602. The first-order valence-corrected chi connectivity index (χ1v) is 5.11. The number of aliphatic imine (C=N–C) groups is 1. The van der Waals surface area contributed by atoms with Crippen LogP contribution in [0.15, 0.2) is 23.3 Å². The molecule has 0 aliphatic heterocycles. The lowest BCUT2D eigenvalue weighted by Crippen LogP contribution is -1.84. The highest BCUT2D eigenvalue weighted by Gasteiger charge is 2.17. The second kappa shape index (κ2) is 4.55. The largest absolute Gasteiger partial charge is 0.505 e. The van der Waals surface area contributed by atoms with Gasteiger partial charge in [-0.1, -0.05) is 11.6 Å². The fourth-order valence-electron chi connectivity index (χ4n) is 1.48. The van der Waals surface area contributed by atoms with Crippen LogP contribution in [0.4, 0.5) is 10.1 Å². The van der Waals surface area contributed by atoms with Gasteiger partial charge in [-0.15, -0.1) is 0 Å². The Kier molecular flexibility index (Phi) is 3.10. The number of benzene rings is 1. The minimum Gasteiger partial charge on any atom is -0.505 e. The van der Waals surface area contributed by atoms with Crippen LogP contribution in [-0.2, 0) is 0 Å². The summed E-state index contributed by atoms with van der Waals surface area (Å²) >= 11 is 5.83. The van der Waals surface area contributed by atoms with Gasteiger partial charge in [-0.3, -0.25) is 9.98 Å². The van der Waals surface area contributed by atoms with Crippen LogP contribution in [0.25, 0.3) is 10.9 Å². The maximum absolute atomic E-state index is 12.0. The smallest absolute Gasteiger partial charge is 0.163 e. The van der Waals surface area contributed by atoms with E-state index in [1.54, 1.807) is 12.1 Å². The number of phenols is 2. The molecule has 2 aromatic rings. The van der Waals surface area contributed by atoms with Crippen LogP contribution in [0.5, 0.6) is 11.5 Å². The molecule has 0 saturated heterocycles. The van der Waals surface area contributed by atoms with Crippen LogP contribution in [0, 0.1) is 0 Å². The number of rotatable bonds is 2. The van der Waals surface area contributed by atoms with Crippen molar-refractivity contribution in [3.63, 3.8) is 0 Å². The van der Waals surface area contributed by atoms with Gasteiger partial charge in [-0.2, -0.15) is 0 Å². The first-order valence-electron chi connectivity index (χ1n) is 4.73. The van der Waals surface area contributed by atoms with E-state index < -0.39 is 6.67 Å². The first kappa shape index (κ1) is 11.6. The lowest BCUT2D eigenvalue weighted by molar-refractivity contribution is 0.470. The first-order chi connectivity index (χ1) is 8.16. The molecule has 0 fully saturated rings. The molecule has 0 bridgehead atoms. The Morgan fingerprint density at radius 1 is 1.41 bits per heavy atom. The zero-order valence-electron chi connectivity index (χ0n) is 8.56. The summed E-state index contributed by atoms with van der Waals surface area (Å²) in [5.74, 6) is -0.522. The maximum atomic E-state index is 12.0. The number of nitrogens with zero attached hydrogens (tertiary/aromatic N) is 2. The topological polar surface area (TPSA) is 65.7 Å². The Labute approximate surface area is 101 Å². The van der Waals surface area contributed by atoms with E-state index in [0.717, 1.165) is 6.21 Å². The van der Waals surface area contributed by atoms with E-state index in [-0.39, 0.29) is 27.7 Å². The third-order valence-corrected chi connectivity index (χ3v) is 2.57. The van der Waals surface area contributed by atoms with E-state index in [1.807, 2.05) is 0 Å². The Balaban J connectivity index is 2.81. The summed E-state index contributed by atoms with van der Waals surface area (Å²) in [6.45, 7) is -0.790. The molecule has 1 aromatic carbocycles. The monoisotopic (exact) mass is 254 g/mol. The van der Waals surface area contributed by atoms with Crippen molar-refractivity contribution < 1.29 is 14.6 Å². The van der Waals surface area contributed by atoms with Gasteiger partial charge < -0.3 is 10.2 Å². The molecule has 0 radical (unpaired) electrons. The van der Waals surface area contributed by atoms with Gasteiger partial charge in [-0.05, 0) is 12.1 Å². The molecular formula is C11H8ClFN2O2. The van der Waals surface area contributed by atoms with Crippen molar-refractivity contribution in [1.82, 2.24) is 4.98 Å². The van der Waals surface area contributed by atoms with E-state index in [1.165, 1.54) is 6.20 Å². The van der Waals surface area contributed by atoms with Crippen LogP contribution >= 0.6 is 11.6 Å². The highest BCUT2D eigenvalue weighted by Crippen LogP contribution is 2.46. The zero-order chi connectivity index (χ0) is 12.4. The lowest BCUT2D eigenvalue weighted by Gasteiger charge is -2.08. The number of pyridine rings is 1. The number of aromatic hydroxyl groups is 2. The van der Waals surface area contributed by atoms with Gasteiger partial charge in [0.25, 0.3) is 0 Å². The van der Waals surface area contributed by atoms with Crippen molar-refractivity contribution in [2.45, 2.75) is 0 Å². The molecule has 0 unspecified atom stereocenters. The molecule has 4 nitrogen and oxygen atoms in total. The third kappa shape index (κ3) is 1.89. The number of hydrogen-bond acceptors (Lipinski definition) is 4. The van der Waals surface area contributed by atoms with Crippen molar-refractivity contribution in [1.29, 1.82) is 0 Å². The minimum absolute atomic E-state index is 0.0673. The molecule has 1 heterocycles. The fourth-order valence-corrected chi connectivity index (χ4v) is 1.70. The number of halogens is 2. The molecule has 0 amide bonds. The van der Waals surface area contributed by atoms with Gasteiger partial charge in [-0.25, -0.2) is 4.39 Å². The van der Waals surface area contributed by atoms with Gasteiger partial charge in [0.1, 0.15) is 22.9 Å². The van der Waals surface area contributed by atoms with Crippen molar-refractivity contribution in [2.75, 3.05) is 6.67 Å². The number of hydrogen-bond donors (Lipinski definition) is 2. The summed E-state index contributed by atoms with van der Waals surface area (Å²) < 4.78 is 12.0. The predicted octanol–water partition coefficient (Wildman–Crippen LogP) is 2.97. The average Bonchev–Trinajstić information content (AvgIpc) is 2.36. The van der Waals surface area contributed by atoms with Crippen LogP contribution in [0.3, 0.4) is 0 Å². The summed E-state index contributed by atoms with van der Waals surface area (Å²) in [5, 5.41) is 19.9. The molecule has 2 rings (SSSR count). The molecular weight excluding hydrogens is 247 g/mol. The van der Waals surface area contributed by atoms with Crippen molar-refractivity contribution in [2.24, 2.45) is 4.99 Å². The maximum Gasteiger partial charge on any atom is 0.163 e. The van der Waals surface area contributed by atoms with E-state index in [0.29, 0.717) is 5.39 Å². The molecule has 2 N–H and O–H groups in total. The van der Waals surface area contributed by atoms with E-state index in [4.69, 9.17) is 11.6 Å². The van der Waals surface area contributed by atoms with Crippen LogP contribution in [0.2, 0.25) is 5.02 Å². The summed E-state index contributed by atoms with van der Waals surface area (Å²) in [5.41, 5.74) is 0.108. The molecule has 0 spiro atoms. The fraction of sp³-hybridized carbons (Fsp3) is 0.0909. The van der Waals surface area contributed by atoms with Crippen LogP contribution < -0.4 is 0 Å². The summed E-state index contributed by atoms with van der Waals surface area (Å²) in [7, 11) is 0. The molecule has 1 aromatic heterocycles. The second-order valence-electron chi connectivity index (χ2n) is 3.23. The minimum atomic E-state index is -0.790. The molecule has 0 aliphatic rings. The van der Waals surface area contributed by atoms with E-state index >= 15 is 0 Å². The predicted molar refractivity (Wildman–Crippen MR) is 64.2 cm³/mol. The number of fused-ring (bicyclic) bond motifs is 1. The van der Waals surface area contributed by atoms with Crippen molar-refractivity contribution >= 4 is 34.4 Å². The van der Waals surface area contributed by atoms with Crippen molar-refractivity contribution in [3.05, 3.63) is 23.4 Å². The average molecular weight is 255 g/mol. The normalized spacial score (nSPS) is 11.4. The quantitative estimate of drug-likeness (QED) is 0.640. The molecule has 0 aliphatic carbocycles. The number of phenolic OH excluding ortho intramolecular Hbond substituents is 2. The Morgan fingerprint density at radius 2 is 2.18 bits per heavy atom. The van der Waals surface area contributed by atoms with Gasteiger partial charge in [0.2, 0.25) is 0 Å². The number of alkyl halides is 1. The molecule has 0 atom stereocenters. The molecule has 88 valence electrons. The van der Waals surface area contributed by atoms with Gasteiger partial charge in [0.15, 0.2) is 11.5 Å². The summed E-state index contributed by atoms with van der Waals surface area (Å²) in [6, 6.07) is 3.15. The lowest BCUT2D eigenvalue weighted by atomic mass is 10.1. The second-order valence-corrected chi connectivity index (χ2v) is 3.60. The number of aromatic nitrogens is 1.